The van der Waals surface area contributed by atoms with Crippen LogP contribution < -0.4 is 15.5 Å². The summed E-state index contributed by atoms with van der Waals surface area (Å²) in [4.78, 5) is 11.7. The van der Waals surface area contributed by atoms with Crippen LogP contribution in [0.25, 0.3) is 0 Å². The lowest BCUT2D eigenvalue weighted by Gasteiger charge is -2.05. The largest absolute Gasteiger partial charge is 0.496 e. The highest BCUT2D eigenvalue weighted by molar-refractivity contribution is 6.30. The lowest BCUT2D eigenvalue weighted by molar-refractivity contribution is -0.119. The highest BCUT2D eigenvalue weighted by Crippen LogP contribution is 2.14. The number of amides is 1. The number of benzene rings is 2. The van der Waals surface area contributed by atoms with Crippen molar-refractivity contribution < 1.29 is 9.53 Å². The van der Waals surface area contributed by atoms with E-state index < -0.39 is 0 Å². The summed E-state index contributed by atoms with van der Waals surface area (Å²) in [6.07, 6.45) is 1.54. The fourth-order valence-corrected chi connectivity index (χ4v) is 1.86. The Balaban J connectivity index is 1.82. The molecule has 0 aliphatic rings. The molecular formula is C16H16ClN3O2. The lowest BCUT2D eigenvalue weighted by atomic mass is 10.2. The summed E-state index contributed by atoms with van der Waals surface area (Å²) in [5.74, 6) is 0.445. The first-order valence-corrected chi connectivity index (χ1v) is 7.01. The number of methoxy groups -OCH3 is 1. The molecule has 2 rings (SSSR count). The highest BCUT2D eigenvalue weighted by atomic mass is 35.5. The standard InChI is InChI=1S/C16H16ClN3O2/c1-22-15-5-3-2-4-12(15)10-19-20-16(21)11-18-14-8-6-13(17)7-9-14/h2-10,18H,11H2,1H3,(H,20,21)/b19-10-. The third kappa shape index (κ3) is 4.79. The van der Waals surface area contributed by atoms with Crippen molar-refractivity contribution >= 4 is 29.4 Å². The molecule has 0 saturated carbocycles. The normalized spacial score (nSPS) is 10.5. The van der Waals surface area contributed by atoms with Gasteiger partial charge in [-0.25, -0.2) is 5.43 Å². The summed E-state index contributed by atoms with van der Waals surface area (Å²) in [6.45, 7) is 0.116. The van der Waals surface area contributed by atoms with Crippen molar-refractivity contribution in [1.82, 2.24) is 5.43 Å². The van der Waals surface area contributed by atoms with Crippen molar-refractivity contribution in [2.75, 3.05) is 19.0 Å². The molecule has 0 atom stereocenters. The summed E-state index contributed by atoms with van der Waals surface area (Å²) >= 11 is 5.79. The fourth-order valence-electron chi connectivity index (χ4n) is 1.74. The molecule has 2 N–H and O–H groups in total. The Morgan fingerprint density at radius 1 is 1.23 bits per heavy atom. The predicted molar refractivity (Wildman–Crippen MR) is 88.7 cm³/mol. The molecule has 0 fully saturated rings. The van der Waals surface area contributed by atoms with E-state index in [2.05, 4.69) is 15.8 Å². The van der Waals surface area contributed by atoms with Gasteiger partial charge in [-0.05, 0) is 36.4 Å². The summed E-state index contributed by atoms with van der Waals surface area (Å²) in [6, 6.07) is 14.5. The van der Waals surface area contributed by atoms with Gasteiger partial charge in [0, 0.05) is 16.3 Å². The molecule has 114 valence electrons. The number of nitrogens with zero attached hydrogens (tertiary/aromatic N) is 1. The van der Waals surface area contributed by atoms with E-state index in [0.717, 1.165) is 11.3 Å². The van der Waals surface area contributed by atoms with Crippen LogP contribution >= 0.6 is 11.6 Å². The average Bonchev–Trinajstić information content (AvgIpc) is 2.55. The molecule has 22 heavy (non-hydrogen) atoms. The van der Waals surface area contributed by atoms with Crippen LogP contribution in [0.15, 0.2) is 53.6 Å². The van der Waals surface area contributed by atoms with Gasteiger partial charge in [-0.1, -0.05) is 23.7 Å². The smallest absolute Gasteiger partial charge is 0.259 e. The number of carbonyl (C=O) groups excluding carboxylic acids is 1. The van der Waals surface area contributed by atoms with Gasteiger partial charge in [-0.2, -0.15) is 5.10 Å². The van der Waals surface area contributed by atoms with Gasteiger partial charge in [0.25, 0.3) is 5.91 Å². The van der Waals surface area contributed by atoms with Crippen molar-refractivity contribution in [1.29, 1.82) is 0 Å². The molecule has 0 radical (unpaired) electrons. The molecule has 6 heteroatoms. The molecule has 0 unspecified atom stereocenters. The topological polar surface area (TPSA) is 62.7 Å². The van der Waals surface area contributed by atoms with E-state index in [1.807, 2.05) is 24.3 Å². The molecule has 0 aliphatic carbocycles. The molecule has 0 bridgehead atoms. The second-order valence-corrected chi connectivity index (χ2v) is 4.83. The maximum absolute atomic E-state index is 11.7. The number of nitrogens with one attached hydrogen (secondary N) is 2. The van der Waals surface area contributed by atoms with Crippen molar-refractivity contribution in [3.05, 3.63) is 59.1 Å². The van der Waals surface area contributed by atoms with Crippen molar-refractivity contribution in [3.8, 4) is 5.75 Å². The molecular weight excluding hydrogens is 302 g/mol. The number of para-hydroxylation sites is 1. The first kappa shape index (κ1) is 15.9. The van der Waals surface area contributed by atoms with Gasteiger partial charge in [0.2, 0.25) is 0 Å². The van der Waals surface area contributed by atoms with Crippen LogP contribution in [-0.2, 0) is 4.79 Å². The minimum atomic E-state index is -0.249. The molecule has 1 amide bonds. The van der Waals surface area contributed by atoms with E-state index in [1.54, 1.807) is 37.6 Å². The second kappa shape index (κ2) is 8.05. The van der Waals surface area contributed by atoms with Crippen LogP contribution in [0.5, 0.6) is 5.75 Å². The van der Waals surface area contributed by atoms with Crippen molar-refractivity contribution in [2.45, 2.75) is 0 Å². The van der Waals surface area contributed by atoms with E-state index >= 15 is 0 Å². The Labute approximate surface area is 133 Å². The summed E-state index contributed by atoms with van der Waals surface area (Å²) in [7, 11) is 1.58. The molecule has 0 aromatic heterocycles. The van der Waals surface area contributed by atoms with E-state index in [1.165, 1.54) is 0 Å². The Kier molecular flexibility index (Phi) is 5.80. The van der Waals surface area contributed by atoms with Crippen LogP contribution in [0.2, 0.25) is 5.02 Å². The first-order chi connectivity index (χ1) is 10.7. The number of hydrogen-bond acceptors (Lipinski definition) is 4. The van der Waals surface area contributed by atoms with Gasteiger partial charge in [0.15, 0.2) is 0 Å². The molecule has 5 nitrogen and oxygen atoms in total. The first-order valence-electron chi connectivity index (χ1n) is 6.63. The Bertz CT molecular complexity index is 657. The molecule has 0 saturated heterocycles. The number of hydrogen-bond donors (Lipinski definition) is 2. The van der Waals surface area contributed by atoms with Crippen LogP contribution in [0.3, 0.4) is 0 Å². The highest BCUT2D eigenvalue weighted by Gasteiger charge is 2.01. The van der Waals surface area contributed by atoms with Crippen LogP contribution in [0.1, 0.15) is 5.56 Å². The van der Waals surface area contributed by atoms with E-state index in [9.17, 15) is 4.79 Å². The molecule has 0 spiro atoms. The Morgan fingerprint density at radius 3 is 2.68 bits per heavy atom. The number of halogens is 1. The third-order valence-electron chi connectivity index (χ3n) is 2.83. The second-order valence-electron chi connectivity index (χ2n) is 4.40. The van der Waals surface area contributed by atoms with Crippen LogP contribution in [-0.4, -0.2) is 25.8 Å². The molecule has 2 aromatic carbocycles. The zero-order chi connectivity index (χ0) is 15.8. The Hall–Kier alpha value is -2.53. The number of ether oxygens (including phenoxy) is 1. The molecule has 0 heterocycles. The SMILES string of the molecule is COc1ccccc1/C=N\NC(=O)CNc1ccc(Cl)cc1. The van der Waals surface area contributed by atoms with Crippen molar-refractivity contribution in [2.24, 2.45) is 5.10 Å². The minimum absolute atomic E-state index is 0.116. The van der Waals surface area contributed by atoms with Gasteiger partial charge in [-0.15, -0.1) is 0 Å². The van der Waals surface area contributed by atoms with E-state index in [-0.39, 0.29) is 12.5 Å². The fraction of sp³-hybridized carbons (Fsp3) is 0.125. The van der Waals surface area contributed by atoms with Crippen LogP contribution in [0.4, 0.5) is 5.69 Å². The zero-order valence-corrected chi connectivity index (χ0v) is 12.8. The minimum Gasteiger partial charge on any atom is -0.496 e. The number of rotatable bonds is 6. The third-order valence-corrected chi connectivity index (χ3v) is 3.08. The van der Waals surface area contributed by atoms with Gasteiger partial charge >= 0.3 is 0 Å². The van der Waals surface area contributed by atoms with Gasteiger partial charge < -0.3 is 10.1 Å². The predicted octanol–water partition coefficient (Wildman–Crippen LogP) is 2.91. The van der Waals surface area contributed by atoms with Gasteiger partial charge in [0.05, 0.1) is 19.9 Å². The van der Waals surface area contributed by atoms with Crippen LogP contribution in [0, 0.1) is 0 Å². The summed E-state index contributed by atoms with van der Waals surface area (Å²) in [5, 5.41) is 7.53. The zero-order valence-electron chi connectivity index (χ0n) is 12.0. The number of hydrazone groups is 1. The van der Waals surface area contributed by atoms with E-state index in [4.69, 9.17) is 16.3 Å². The van der Waals surface area contributed by atoms with Gasteiger partial charge in [0.1, 0.15) is 5.75 Å². The number of carbonyl (C=O) groups is 1. The monoisotopic (exact) mass is 317 g/mol. The van der Waals surface area contributed by atoms with Gasteiger partial charge in [-0.3, -0.25) is 4.79 Å². The average molecular weight is 318 g/mol. The molecule has 0 aliphatic heterocycles. The quantitative estimate of drug-likeness (QED) is 0.636. The Morgan fingerprint density at radius 2 is 1.95 bits per heavy atom. The van der Waals surface area contributed by atoms with Crippen molar-refractivity contribution in [3.63, 3.8) is 0 Å². The maximum atomic E-state index is 11.7. The maximum Gasteiger partial charge on any atom is 0.259 e. The summed E-state index contributed by atoms with van der Waals surface area (Å²) < 4.78 is 5.19. The lowest BCUT2D eigenvalue weighted by Crippen LogP contribution is -2.25. The summed E-state index contributed by atoms with van der Waals surface area (Å²) in [5.41, 5.74) is 4.05. The van der Waals surface area contributed by atoms with E-state index in [0.29, 0.717) is 10.8 Å². The molecule has 2 aromatic rings. The number of anilines is 1.